The smallest absolute Gasteiger partial charge is 0.265 e. The van der Waals surface area contributed by atoms with Gasteiger partial charge in [-0.25, -0.2) is 4.98 Å². The molecular formula is C12H22N4O2S. The lowest BCUT2D eigenvalue weighted by atomic mass is 10.2. The molecule has 1 aromatic rings. The van der Waals surface area contributed by atoms with Crippen molar-refractivity contribution in [2.75, 3.05) is 45.0 Å². The number of nitrogens with two attached hydrogens (primary N) is 1. The third kappa shape index (κ3) is 5.04. The lowest BCUT2D eigenvalue weighted by Crippen LogP contribution is -2.24. The highest BCUT2D eigenvalue weighted by Crippen LogP contribution is 2.26. The monoisotopic (exact) mass is 286 g/mol. The van der Waals surface area contributed by atoms with Gasteiger partial charge in [-0.1, -0.05) is 11.3 Å². The van der Waals surface area contributed by atoms with Gasteiger partial charge in [0.1, 0.15) is 10.7 Å². The van der Waals surface area contributed by atoms with E-state index in [4.69, 9.17) is 10.5 Å². The van der Waals surface area contributed by atoms with Crippen molar-refractivity contribution >= 4 is 28.2 Å². The number of hydrogen-bond acceptors (Lipinski definition) is 6. The summed E-state index contributed by atoms with van der Waals surface area (Å²) in [6, 6.07) is 0. The van der Waals surface area contributed by atoms with Crippen molar-refractivity contribution < 1.29 is 9.53 Å². The number of methoxy groups -OCH3 is 1. The fraction of sp³-hybridized carbons (Fsp3) is 0.667. The fourth-order valence-corrected chi connectivity index (χ4v) is 2.33. The van der Waals surface area contributed by atoms with E-state index in [0.29, 0.717) is 17.2 Å². The van der Waals surface area contributed by atoms with Crippen molar-refractivity contribution in [1.29, 1.82) is 0 Å². The number of anilines is 2. The van der Waals surface area contributed by atoms with Crippen LogP contribution in [0.1, 0.15) is 28.9 Å². The van der Waals surface area contributed by atoms with Crippen LogP contribution in [0.2, 0.25) is 0 Å². The second kappa shape index (κ2) is 7.96. The zero-order valence-corrected chi connectivity index (χ0v) is 12.5. The van der Waals surface area contributed by atoms with Gasteiger partial charge >= 0.3 is 0 Å². The zero-order chi connectivity index (χ0) is 14.3. The third-order valence-electron chi connectivity index (χ3n) is 2.54. The maximum atomic E-state index is 11.9. The third-order valence-corrected chi connectivity index (χ3v) is 3.78. The minimum Gasteiger partial charge on any atom is -0.385 e. The molecule has 0 atom stereocenters. The average Bonchev–Trinajstić information content (AvgIpc) is 2.76. The Bertz CT molecular complexity index is 406. The Labute approximate surface area is 118 Å². The highest BCUT2D eigenvalue weighted by atomic mass is 32.1. The van der Waals surface area contributed by atoms with Gasteiger partial charge in [0.05, 0.1) is 0 Å². The molecule has 108 valence electrons. The quantitative estimate of drug-likeness (QED) is 0.705. The van der Waals surface area contributed by atoms with E-state index in [-0.39, 0.29) is 5.91 Å². The summed E-state index contributed by atoms with van der Waals surface area (Å²) >= 11 is 1.31. The van der Waals surface area contributed by atoms with Gasteiger partial charge < -0.3 is 20.7 Å². The Hall–Kier alpha value is -1.34. The molecule has 1 aromatic heterocycles. The maximum absolute atomic E-state index is 11.9. The predicted octanol–water partition coefficient (Wildman–Crippen LogP) is 1.34. The number of unbranched alkanes of at least 4 members (excludes halogenated alkanes) is 2. The van der Waals surface area contributed by atoms with Crippen LogP contribution >= 0.6 is 11.3 Å². The number of aromatic nitrogens is 1. The van der Waals surface area contributed by atoms with E-state index < -0.39 is 0 Å². The van der Waals surface area contributed by atoms with Crippen LogP contribution in [0, 0.1) is 0 Å². The second-order valence-electron chi connectivity index (χ2n) is 4.41. The number of thiazole rings is 1. The zero-order valence-electron chi connectivity index (χ0n) is 11.7. The molecule has 19 heavy (non-hydrogen) atoms. The van der Waals surface area contributed by atoms with Crippen LogP contribution in [0.4, 0.5) is 10.9 Å². The lowest BCUT2D eigenvalue weighted by Gasteiger charge is -2.05. The van der Waals surface area contributed by atoms with Crippen LogP contribution in [0.5, 0.6) is 0 Å². The molecule has 1 heterocycles. The summed E-state index contributed by atoms with van der Waals surface area (Å²) in [6.45, 7) is 1.42. The molecule has 1 amide bonds. The summed E-state index contributed by atoms with van der Waals surface area (Å²) in [7, 11) is 5.43. The molecule has 0 fully saturated rings. The van der Waals surface area contributed by atoms with Crippen molar-refractivity contribution in [2.45, 2.75) is 19.3 Å². The summed E-state index contributed by atoms with van der Waals surface area (Å²) in [5.74, 6) is 0.153. The van der Waals surface area contributed by atoms with Gasteiger partial charge in [-0.15, -0.1) is 0 Å². The van der Waals surface area contributed by atoms with Gasteiger partial charge in [-0.05, 0) is 19.3 Å². The topological polar surface area (TPSA) is 80.5 Å². The molecule has 0 aliphatic rings. The molecule has 7 heteroatoms. The number of nitrogens with zero attached hydrogens (tertiary/aromatic N) is 2. The van der Waals surface area contributed by atoms with Gasteiger partial charge in [-0.2, -0.15) is 0 Å². The average molecular weight is 286 g/mol. The molecule has 1 rings (SSSR count). The van der Waals surface area contributed by atoms with Crippen molar-refractivity contribution in [3.63, 3.8) is 0 Å². The molecule has 0 spiro atoms. The van der Waals surface area contributed by atoms with Crippen molar-refractivity contribution in [3.05, 3.63) is 4.88 Å². The number of rotatable bonds is 8. The molecule has 0 bridgehead atoms. The summed E-state index contributed by atoms with van der Waals surface area (Å²) in [5, 5.41) is 3.60. The molecule has 6 nitrogen and oxygen atoms in total. The standard InChI is InChI=1S/C12H22N4O2S/c1-16(2)12-15-10(13)9(19-12)11(17)14-7-5-4-6-8-18-3/h4-8,13H2,1-3H3,(H,14,17). The molecule has 0 saturated heterocycles. The second-order valence-corrected chi connectivity index (χ2v) is 5.39. The minimum atomic E-state index is -0.144. The van der Waals surface area contributed by atoms with E-state index >= 15 is 0 Å². The van der Waals surface area contributed by atoms with Crippen LogP contribution in [-0.2, 0) is 4.74 Å². The van der Waals surface area contributed by atoms with Crippen molar-refractivity contribution in [1.82, 2.24) is 10.3 Å². The molecule has 0 unspecified atom stereocenters. The van der Waals surface area contributed by atoms with Crippen LogP contribution < -0.4 is 16.0 Å². The Morgan fingerprint density at radius 2 is 2.16 bits per heavy atom. The van der Waals surface area contributed by atoms with Crippen molar-refractivity contribution in [2.24, 2.45) is 0 Å². The Kier molecular flexibility index (Phi) is 6.58. The van der Waals surface area contributed by atoms with E-state index in [0.717, 1.165) is 31.0 Å². The van der Waals surface area contributed by atoms with E-state index in [2.05, 4.69) is 10.3 Å². The number of amides is 1. The van der Waals surface area contributed by atoms with Crippen LogP contribution in [0.25, 0.3) is 0 Å². The van der Waals surface area contributed by atoms with E-state index in [9.17, 15) is 4.79 Å². The molecule has 0 aromatic carbocycles. The van der Waals surface area contributed by atoms with Crippen LogP contribution in [0.15, 0.2) is 0 Å². The maximum Gasteiger partial charge on any atom is 0.265 e. The number of nitrogen functional groups attached to an aromatic ring is 1. The number of hydrogen-bond donors (Lipinski definition) is 2. The number of carbonyl (C=O) groups is 1. The molecule has 3 N–H and O–H groups in total. The largest absolute Gasteiger partial charge is 0.385 e. The summed E-state index contributed by atoms with van der Waals surface area (Å²) in [4.78, 5) is 18.4. The minimum absolute atomic E-state index is 0.144. The number of carbonyl (C=O) groups excluding carboxylic acids is 1. The normalized spacial score (nSPS) is 10.5. The SMILES string of the molecule is COCCCCCNC(=O)c1sc(N(C)C)nc1N. The van der Waals surface area contributed by atoms with Crippen LogP contribution in [-0.4, -0.2) is 45.2 Å². The molecule has 0 saturated carbocycles. The van der Waals surface area contributed by atoms with Gasteiger partial charge in [0.2, 0.25) is 0 Å². The van der Waals surface area contributed by atoms with Gasteiger partial charge in [0.15, 0.2) is 5.13 Å². The highest BCUT2D eigenvalue weighted by molar-refractivity contribution is 7.18. The van der Waals surface area contributed by atoms with E-state index in [1.165, 1.54) is 11.3 Å². The predicted molar refractivity (Wildman–Crippen MR) is 78.9 cm³/mol. The van der Waals surface area contributed by atoms with Gasteiger partial charge in [-0.3, -0.25) is 4.79 Å². The first kappa shape index (κ1) is 15.7. The Morgan fingerprint density at radius 3 is 2.74 bits per heavy atom. The Morgan fingerprint density at radius 1 is 1.42 bits per heavy atom. The first-order chi connectivity index (χ1) is 9.06. The van der Waals surface area contributed by atoms with E-state index in [1.54, 1.807) is 7.11 Å². The van der Waals surface area contributed by atoms with E-state index in [1.807, 2.05) is 19.0 Å². The molecular weight excluding hydrogens is 264 g/mol. The summed E-state index contributed by atoms with van der Waals surface area (Å²) in [5.41, 5.74) is 5.75. The molecule has 0 radical (unpaired) electrons. The first-order valence-corrected chi connectivity index (χ1v) is 7.08. The summed E-state index contributed by atoms with van der Waals surface area (Å²) in [6.07, 6.45) is 2.99. The van der Waals surface area contributed by atoms with Gasteiger partial charge in [0.25, 0.3) is 5.91 Å². The molecule has 0 aliphatic heterocycles. The Balaban J connectivity index is 2.37. The molecule has 0 aliphatic carbocycles. The fourth-order valence-electron chi connectivity index (χ4n) is 1.50. The van der Waals surface area contributed by atoms with Crippen LogP contribution in [0.3, 0.4) is 0 Å². The number of ether oxygens (including phenoxy) is 1. The highest BCUT2D eigenvalue weighted by Gasteiger charge is 2.16. The first-order valence-electron chi connectivity index (χ1n) is 6.27. The lowest BCUT2D eigenvalue weighted by molar-refractivity contribution is 0.0957. The van der Waals surface area contributed by atoms with Crippen molar-refractivity contribution in [3.8, 4) is 0 Å². The summed E-state index contributed by atoms with van der Waals surface area (Å²) < 4.78 is 4.96. The van der Waals surface area contributed by atoms with Gasteiger partial charge in [0, 0.05) is 34.4 Å². The number of nitrogens with one attached hydrogen (secondary N) is 1.